The van der Waals surface area contributed by atoms with Crippen molar-refractivity contribution in [3.63, 3.8) is 0 Å². The molecule has 0 radical (unpaired) electrons. The van der Waals surface area contributed by atoms with Gasteiger partial charge in [0.05, 0.1) is 38.1 Å². The number of thioether (sulfide) groups is 1. The molecule has 0 saturated carbocycles. The zero-order valence-electron chi connectivity index (χ0n) is 38.7. The Morgan fingerprint density at radius 2 is 1.27 bits per heavy atom. The lowest BCUT2D eigenvalue weighted by Crippen LogP contribution is -2.49. The predicted octanol–water partition coefficient (Wildman–Crippen LogP) is -0.942. The third kappa shape index (κ3) is 19.7. The van der Waals surface area contributed by atoms with Crippen LogP contribution < -0.4 is 21.3 Å². The van der Waals surface area contributed by atoms with Gasteiger partial charge in [-0.25, -0.2) is 4.79 Å². The Kier molecular flexibility index (Phi) is 23.5. The van der Waals surface area contributed by atoms with Crippen molar-refractivity contribution in [3.05, 3.63) is 29.8 Å². The van der Waals surface area contributed by atoms with Crippen molar-refractivity contribution in [3.8, 4) is 0 Å². The molecule has 1 unspecified atom stereocenters. The molecule has 0 aromatic heterocycles. The molecule has 0 spiro atoms. The summed E-state index contributed by atoms with van der Waals surface area (Å²) in [5, 5.41) is 39.5. The van der Waals surface area contributed by atoms with Crippen molar-refractivity contribution in [1.29, 1.82) is 0 Å². The Bertz CT molecular complexity index is 1810. The number of carboxylic acids is 3. The van der Waals surface area contributed by atoms with Crippen LogP contribution in [0.1, 0.15) is 38.7 Å². The number of urea groups is 1. The lowest BCUT2D eigenvalue weighted by molar-refractivity contribution is -0.140. The van der Waals surface area contributed by atoms with Gasteiger partial charge in [0.2, 0.25) is 23.6 Å². The molecule has 1 aromatic rings. The highest BCUT2D eigenvalue weighted by Crippen LogP contribution is 2.20. The number of nitrogens with one attached hydrogen (secondary N) is 4. The van der Waals surface area contributed by atoms with Gasteiger partial charge in [0, 0.05) is 102 Å². The second-order valence-corrected chi connectivity index (χ2v) is 17.9. The van der Waals surface area contributed by atoms with Gasteiger partial charge in [-0.2, -0.15) is 11.8 Å². The highest BCUT2D eigenvalue weighted by Gasteiger charge is 2.36. The normalized spacial score (nSPS) is 18.7. The summed E-state index contributed by atoms with van der Waals surface area (Å²) in [5.74, 6) is -5.38. The summed E-state index contributed by atoms with van der Waals surface area (Å²) in [5.41, 5.74) is 1.14. The number of carboxylic acid groups (broad SMARTS) is 3. The molecule has 0 aliphatic carbocycles. The summed E-state index contributed by atoms with van der Waals surface area (Å²) >= 11 is 1.50. The minimum atomic E-state index is -1.05. The molecule has 22 nitrogen and oxygen atoms in total. The van der Waals surface area contributed by atoms with E-state index in [9.17, 15) is 58.5 Å². The van der Waals surface area contributed by atoms with Crippen LogP contribution in [0.15, 0.2) is 24.3 Å². The van der Waals surface area contributed by atoms with Crippen molar-refractivity contribution >= 4 is 70.8 Å². The number of carbonyl (C=O) groups is 9. The first-order chi connectivity index (χ1) is 31.3. The molecule has 4 atom stereocenters. The number of carbonyl (C=O) groups excluding carboxylic acids is 6. The highest BCUT2D eigenvalue weighted by atomic mass is 32.2. The fraction of sp³-hybridized carbons (Fsp3) is 0.651. The first kappa shape index (κ1) is 55.1. The fourth-order valence-electron chi connectivity index (χ4n) is 7.53. The molecule has 1 aromatic carbocycles. The lowest BCUT2D eigenvalue weighted by atomic mass is 9.90. The number of likely N-dealkylation sites (tertiary alicyclic amines) is 1. The Morgan fingerprint density at radius 1 is 0.773 bits per heavy atom. The van der Waals surface area contributed by atoms with Crippen LogP contribution in [0.3, 0.4) is 0 Å². The minimum Gasteiger partial charge on any atom is -0.480 e. The average Bonchev–Trinajstić information content (AvgIpc) is 3.49. The Labute approximate surface area is 390 Å². The van der Waals surface area contributed by atoms with Gasteiger partial charge in [0.1, 0.15) is 0 Å². The first-order valence-corrected chi connectivity index (χ1v) is 23.4. The average molecular weight is 949 g/mol. The van der Waals surface area contributed by atoms with Gasteiger partial charge in [-0.1, -0.05) is 19.1 Å². The smallest absolute Gasteiger partial charge is 0.319 e. The van der Waals surface area contributed by atoms with E-state index < -0.39 is 47.7 Å². The van der Waals surface area contributed by atoms with Crippen LogP contribution in [-0.4, -0.2) is 228 Å². The summed E-state index contributed by atoms with van der Waals surface area (Å²) in [4.78, 5) is 123. The Balaban J connectivity index is 1.58. The predicted molar refractivity (Wildman–Crippen MR) is 246 cm³/mol. The monoisotopic (exact) mass is 948 g/mol. The summed E-state index contributed by atoms with van der Waals surface area (Å²) in [6.07, 6.45) is 2.17. The summed E-state index contributed by atoms with van der Waals surface area (Å²) in [6, 6.07) is 4.83. The Morgan fingerprint density at radius 3 is 1.71 bits per heavy atom. The molecule has 0 bridgehead atoms. The number of hydrogen-bond acceptors (Lipinski definition) is 15. The van der Waals surface area contributed by atoms with E-state index in [1.807, 2.05) is 23.0 Å². The van der Waals surface area contributed by atoms with Gasteiger partial charge in [-0.05, 0) is 57.1 Å². The molecular formula is C43H68N10O12S. The van der Waals surface area contributed by atoms with E-state index in [4.69, 9.17) is 0 Å². The van der Waals surface area contributed by atoms with Gasteiger partial charge in [0.25, 0.3) is 0 Å². The van der Waals surface area contributed by atoms with Crippen molar-refractivity contribution in [2.24, 2.45) is 11.8 Å². The van der Waals surface area contributed by atoms with Gasteiger partial charge in [-0.15, -0.1) is 0 Å². The van der Waals surface area contributed by atoms with E-state index in [1.165, 1.54) is 11.8 Å². The second-order valence-electron chi connectivity index (χ2n) is 17.0. The van der Waals surface area contributed by atoms with Crippen LogP contribution in [0.25, 0.3) is 0 Å². The molecule has 3 rings (SSSR count). The van der Waals surface area contributed by atoms with Gasteiger partial charge >= 0.3 is 23.9 Å². The maximum absolute atomic E-state index is 13.8. The van der Waals surface area contributed by atoms with Gasteiger partial charge in [-0.3, -0.25) is 62.9 Å². The third-order valence-corrected chi connectivity index (χ3v) is 12.3. The van der Waals surface area contributed by atoms with Crippen molar-refractivity contribution in [2.75, 3.05) is 123 Å². The zero-order valence-corrected chi connectivity index (χ0v) is 39.5. The number of ketones is 1. The molecule has 7 N–H and O–H groups in total. The number of rotatable bonds is 24. The van der Waals surface area contributed by atoms with Crippen LogP contribution in [0.5, 0.6) is 0 Å². The second kappa shape index (κ2) is 28.1. The van der Waals surface area contributed by atoms with E-state index in [2.05, 4.69) is 21.3 Å². The quantitative estimate of drug-likeness (QED) is 0.0616. The van der Waals surface area contributed by atoms with Crippen molar-refractivity contribution < 1.29 is 58.5 Å². The molecule has 2 fully saturated rings. The molecule has 2 saturated heterocycles. The van der Waals surface area contributed by atoms with Crippen LogP contribution in [0.4, 0.5) is 10.5 Å². The molecule has 6 amide bonds. The van der Waals surface area contributed by atoms with Gasteiger partial charge in [0.15, 0.2) is 5.78 Å². The number of imide groups is 1. The molecular weight excluding hydrogens is 881 g/mol. The van der Waals surface area contributed by atoms with Crippen molar-refractivity contribution in [1.82, 2.24) is 45.3 Å². The van der Waals surface area contributed by atoms with E-state index in [1.54, 1.807) is 60.0 Å². The fourth-order valence-corrected chi connectivity index (χ4v) is 8.00. The number of amides is 6. The van der Waals surface area contributed by atoms with E-state index >= 15 is 0 Å². The van der Waals surface area contributed by atoms with Crippen LogP contribution in [-0.2, 0) is 44.9 Å². The molecule has 23 heteroatoms. The SMILES string of the molecule is CSCC[C@H](NC(=O)Nc1ccc(CNC(=O)CN2CCN(CC(=O)O)CCN(CC(=O)O)CCN(CC(=O)O)CC2)cc1)C(=O)C[C@H](C(=O)NCCN1C(=O)CC(C)C1=O)[C@H](C)N(C)C. The molecule has 2 aliphatic heterocycles. The number of Topliss-reactive ketones (excluding diaryl/α,β-unsaturated/α-hetero) is 1. The van der Waals surface area contributed by atoms with E-state index in [0.29, 0.717) is 31.0 Å². The number of hydrogen-bond donors (Lipinski definition) is 7. The van der Waals surface area contributed by atoms with Crippen molar-refractivity contribution in [2.45, 2.75) is 51.7 Å². The number of anilines is 1. The molecule has 2 aliphatic rings. The number of benzene rings is 1. The van der Waals surface area contributed by atoms with Crippen LogP contribution >= 0.6 is 11.8 Å². The van der Waals surface area contributed by atoms with E-state index in [-0.39, 0.29) is 127 Å². The summed E-state index contributed by atoms with van der Waals surface area (Å²) in [6.45, 7) is 5.03. The van der Waals surface area contributed by atoms with Crippen LogP contribution in [0.2, 0.25) is 0 Å². The maximum atomic E-state index is 13.8. The highest BCUT2D eigenvalue weighted by molar-refractivity contribution is 7.98. The summed E-state index contributed by atoms with van der Waals surface area (Å²) < 4.78 is 0. The summed E-state index contributed by atoms with van der Waals surface area (Å²) in [7, 11) is 3.58. The number of nitrogens with zero attached hydrogens (tertiary/aromatic N) is 6. The molecule has 2 heterocycles. The minimum absolute atomic E-state index is 0.0357. The zero-order chi connectivity index (χ0) is 48.9. The molecule has 66 heavy (non-hydrogen) atoms. The largest absolute Gasteiger partial charge is 0.480 e. The third-order valence-electron chi connectivity index (χ3n) is 11.6. The first-order valence-electron chi connectivity index (χ1n) is 22.0. The standard InChI is InChI=1S/C43H68N10O12S/c1-29-22-37(56)53(42(29)64)12-11-44-41(63)33(30(2)48(3)4)23-35(54)34(10-21-66-5)47-43(65)46-32-8-6-31(7-9-32)24-45-36(55)25-49-13-15-50(26-38(57)58)17-19-52(28-40(61)62)20-18-51(16-14-49)27-39(59)60/h6-9,29-30,33-34H,10-28H2,1-5H3,(H,44,63)(H,45,55)(H,57,58)(H,59,60)(H,61,62)(H2,46,47,65)/t29?,30-,33-,34-/m0/s1. The van der Waals surface area contributed by atoms with Crippen LogP contribution in [0, 0.1) is 11.8 Å². The molecule has 368 valence electrons. The number of aliphatic carboxylic acids is 3. The topological polar surface area (TPSA) is 282 Å². The Hall–Kier alpha value is -5.20. The maximum Gasteiger partial charge on any atom is 0.319 e. The van der Waals surface area contributed by atoms with Gasteiger partial charge < -0.3 is 41.5 Å². The lowest BCUT2D eigenvalue weighted by Gasteiger charge is -2.32. The van der Waals surface area contributed by atoms with E-state index in [0.717, 1.165) is 10.5 Å².